The molecule has 2 aliphatic rings. The molecule has 5 nitrogen and oxygen atoms in total. The molecule has 2 atom stereocenters. The SMILES string of the molecule is CCC(C)N1CCOC2(COCCN(CCN(C)C)C2)C1. The average Bonchev–Trinajstić information content (AvgIpc) is 2.67. The van der Waals surface area contributed by atoms with Crippen LogP contribution in [0.2, 0.25) is 0 Å². The van der Waals surface area contributed by atoms with Crippen molar-refractivity contribution < 1.29 is 9.47 Å². The summed E-state index contributed by atoms with van der Waals surface area (Å²) in [6.45, 7) is 13.2. The van der Waals surface area contributed by atoms with Gasteiger partial charge < -0.3 is 14.4 Å². The summed E-state index contributed by atoms with van der Waals surface area (Å²) in [5.74, 6) is 0. The predicted octanol–water partition coefficient (Wildman–Crippen LogP) is 0.750. The highest BCUT2D eigenvalue weighted by molar-refractivity contribution is 4.93. The molecule has 0 amide bonds. The number of morpholine rings is 1. The molecule has 0 radical (unpaired) electrons. The second-order valence-corrected chi connectivity index (χ2v) is 6.89. The monoisotopic (exact) mass is 299 g/mol. The highest BCUT2D eigenvalue weighted by Crippen LogP contribution is 2.24. The third-order valence-electron chi connectivity index (χ3n) is 4.78. The van der Waals surface area contributed by atoms with E-state index < -0.39 is 0 Å². The highest BCUT2D eigenvalue weighted by Gasteiger charge is 2.40. The van der Waals surface area contributed by atoms with Crippen LogP contribution in [-0.4, -0.2) is 99.5 Å². The smallest absolute Gasteiger partial charge is 0.117 e. The number of ether oxygens (including phenoxy) is 2. The van der Waals surface area contributed by atoms with E-state index in [4.69, 9.17) is 9.47 Å². The number of hydrogen-bond acceptors (Lipinski definition) is 5. The van der Waals surface area contributed by atoms with Gasteiger partial charge in [-0.2, -0.15) is 0 Å². The Kier molecular flexibility index (Phi) is 6.44. The molecular weight excluding hydrogens is 266 g/mol. The van der Waals surface area contributed by atoms with E-state index >= 15 is 0 Å². The third kappa shape index (κ3) is 4.89. The van der Waals surface area contributed by atoms with Crippen LogP contribution in [0.5, 0.6) is 0 Å². The Morgan fingerprint density at radius 2 is 2.00 bits per heavy atom. The maximum absolute atomic E-state index is 6.23. The van der Waals surface area contributed by atoms with Crippen molar-refractivity contribution in [3.63, 3.8) is 0 Å². The molecule has 0 bridgehead atoms. The Balaban J connectivity index is 1.97. The van der Waals surface area contributed by atoms with Crippen molar-refractivity contribution in [1.29, 1.82) is 0 Å². The van der Waals surface area contributed by atoms with E-state index in [0.29, 0.717) is 6.04 Å². The second-order valence-electron chi connectivity index (χ2n) is 6.89. The summed E-state index contributed by atoms with van der Waals surface area (Å²) in [6.07, 6.45) is 1.20. The molecule has 124 valence electrons. The van der Waals surface area contributed by atoms with Crippen molar-refractivity contribution in [2.75, 3.05) is 73.2 Å². The molecule has 2 fully saturated rings. The van der Waals surface area contributed by atoms with E-state index in [9.17, 15) is 0 Å². The van der Waals surface area contributed by atoms with Gasteiger partial charge >= 0.3 is 0 Å². The van der Waals surface area contributed by atoms with Gasteiger partial charge in [-0.1, -0.05) is 6.92 Å². The summed E-state index contributed by atoms with van der Waals surface area (Å²) in [5, 5.41) is 0. The lowest BCUT2D eigenvalue weighted by Gasteiger charge is -2.45. The van der Waals surface area contributed by atoms with Crippen LogP contribution in [-0.2, 0) is 9.47 Å². The minimum absolute atomic E-state index is 0.134. The van der Waals surface area contributed by atoms with Crippen LogP contribution in [0.15, 0.2) is 0 Å². The van der Waals surface area contributed by atoms with Crippen molar-refractivity contribution in [2.24, 2.45) is 0 Å². The minimum atomic E-state index is -0.134. The molecule has 2 saturated heterocycles. The maximum Gasteiger partial charge on any atom is 0.117 e. The first-order chi connectivity index (χ1) is 10.0. The largest absolute Gasteiger partial charge is 0.377 e. The van der Waals surface area contributed by atoms with Gasteiger partial charge in [0.2, 0.25) is 0 Å². The zero-order valence-corrected chi connectivity index (χ0v) is 14.3. The van der Waals surface area contributed by atoms with Crippen molar-refractivity contribution in [3.05, 3.63) is 0 Å². The summed E-state index contributed by atoms with van der Waals surface area (Å²) in [4.78, 5) is 7.32. The van der Waals surface area contributed by atoms with Gasteiger partial charge in [-0.25, -0.2) is 0 Å². The predicted molar refractivity (Wildman–Crippen MR) is 85.8 cm³/mol. The van der Waals surface area contributed by atoms with Crippen LogP contribution in [0.1, 0.15) is 20.3 Å². The number of likely N-dealkylation sites (N-methyl/N-ethyl adjacent to an activating group) is 1. The van der Waals surface area contributed by atoms with E-state index in [-0.39, 0.29) is 5.60 Å². The fourth-order valence-electron chi connectivity index (χ4n) is 3.21. The molecular formula is C16H33N3O2. The Morgan fingerprint density at radius 3 is 2.71 bits per heavy atom. The quantitative estimate of drug-likeness (QED) is 0.747. The van der Waals surface area contributed by atoms with Gasteiger partial charge in [0.15, 0.2) is 0 Å². The van der Waals surface area contributed by atoms with Crippen LogP contribution < -0.4 is 0 Å². The fraction of sp³-hybridized carbons (Fsp3) is 1.00. The van der Waals surface area contributed by atoms with Crippen LogP contribution >= 0.6 is 0 Å². The van der Waals surface area contributed by atoms with E-state index in [1.54, 1.807) is 0 Å². The fourth-order valence-corrected chi connectivity index (χ4v) is 3.21. The number of hydrogen-bond donors (Lipinski definition) is 0. The minimum Gasteiger partial charge on any atom is -0.377 e. The van der Waals surface area contributed by atoms with E-state index in [1.807, 2.05) is 0 Å². The molecule has 2 aliphatic heterocycles. The molecule has 0 aromatic heterocycles. The molecule has 5 heteroatoms. The molecule has 0 aliphatic carbocycles. The highest BCUT2D eigenvalue weighted by atomic mass is 16.5. The zero-order chi connectivity index (χ0) is 15.3. The Labute approximate surface area is 130 Å². The molecule has 0 saturated carbocycles. The van der Waals surface area contributed by atoms with Gasteiger partial charge in [0.1, 0.15) is 5.60 Å². The molecule has 0 aromatic rings. The standard InChI is InChI=1S/C16H33N3O2/c1-5-15(2)19-9-11-21-16(13-19)12-18(7-6-17(3)4)8-10-20-14-16/h15H,5-14H2,1-4H3. The Bertz CT molecular complexity index is 314. The summed E-state index contributed by atoms with van der Waals surface area (Å²) in [6, 6.07) is 0.629. The van der Waals surface area contributed by atoms with Gasteiger partial charge in [0.25, 0.3) is 0 Å². The second kappa shape index (κ2) is 7.88. The van der Waals surface area contributed by atoms with Gasteiger partial charge in [0.05, 0.1) is 19.8 Å². The van der Waals surface area contributed by atoms with Crippen LogP contribution in [0, 0.1) is 0 Å². The first-order valence-electron chi connectivity index (χ1n) is 8.37. The normalized spacial score (nSPS) is 30.7. The maximum atomic E-state index is 6.23. The van der Waals surface area contributed by atoms with Crippen molar-refractivity contribution in [2.45, 2.75) is 31.9 Å². The van der Waals surface area contributed by atoms with Gasteiger partial charge in [-0.05, 0) is 27.4 Å². The summed E-state index contributed by atoms with van der Waals surface area (Å²) >= 11 is 0. The number of nitrogens with zero attached hydrogens (tertiary/aromatic N) is 3. The third-order valence-corrected chi connectivity index (χ3v) is 4.78. The van der Waals surface area contributed by atoms with Gasteiger partial charge in [-0.15, -0.1) is 0 Å². The van der Waals surface area contributed by atoms with Crippen LogP contribution in [0.3, 0.4) is 0 Å². The summed E-state index contributed by atoms with van der Waals surface area (Å²) in [7, 11) is 4.26. The molecule has 0 N–H and O–H groups in total. The molecule has 2 unspecified atom stereocenters. The van der Waals surface area contributed by atoms with Gasteiger partial charge in [-0.3, -0.25) is 9.80 Å². The Morgan fingerprint density at radius 1 is 1.19 bits per heavy atom. The summed E-state index contributed by atoms with van der Waals surface area (Å²) in [5.41, 5.74) is -0.134. The molecule has 21 heavy (non-hydrogen) atoms. The number of rotatable bonds is 5. The van der Waals surface area contributed by atoms with Crippen molar-refractivity contribution >= 4 is 0 Å². The lowest BCUT2D eigenvalue weighted by Crippen LogP contribution is -2.60. The molecule has 0 aromatic carbocycles. The molecule has 2 heterocycles. The van der Waals surface area contributed by atoms with Crippen molar-refractivity contribution in [3.8, 4) is 0 Å². The summed E-state index contributed by atoms with van der Waals surface area (Å²) < 4.78 is 12.1. The van der Waals surface area contributed by atoms with E-state index in [0.717, 1.165) is 59.1 Å². The van der Waals surface area contributed by atoms with E-state index in [1.165, 1.54) is 6.42 Å². The lowest BCUT2D eigenvalue weighted by atomic mass is 10.00. The lowest BCUT2D eigenvalue weighted by molar-refractivity contribution is -0.147. The van der Waals surface area contributed by atoms with Crippen molar-refractivity contribution in [1.82, 2.24) is 14.7 Å². The average molecular weight is 299 g/mol. The van der Waals surface area contributed by atoms with Crippen LogP contribution in [0.4, 0.5) is 0 Å². The van der Waals surface area contributed by atoms with E-state index in [2.05, 4.69) is 42.6 Å². The van der Waals surface area contributed by atoms with Crippen LogP contribution in [0.25, 0.3) is 0 Å². The first kappa shape index (κ1) is 17.2. The molecule has 1 spiro atoms. The topological polar surface area (TPSA) is 28.2 Å². The van der Waals surface area contributed by atoms with Gasteiger partial charge in [0, 0.05) is 45.3 Å². The zero-order valence-electron chi connectivity index (χ0n) is 14.3. The Hall–Kier alpha value is -0.200. The molecule has 2 rings (SSSR count). The first-order valence-corrected chi connectivity index (χ1v) is 8.37.